The molecule has 1 aromatic heterocycles. The highest BCUT2D eigenvalue weighted by atomic mass is 35.5. The number of likely N-dealkylation sites (N-methyl/N-ethyl adjacent to an activating group) is 1. The van der Waals surface area contributed by atoms with Crippen molar-refractivity contribution in [3.63, 3.8) is 0 Å². The van der Waals surface area contributed by atoms with E-state index in [4.69, 9.17) is 16.3 Å². The quantitative estimate of drug-likeness (QED) is 0.924. The molecule has 2 rings (SSSR count). The molecule has 1 saturated carbocycles. The van der Waals surface area contributed by atoms with Gasteiger partial charge < -0.3 is 10.1 Å². The Hall–Kier alpha value is -0.580. The van der Waals surface area contributed by atoms with E-state index < -0.39 is 0 Å². The van der Waals surface area contributed by atoms with Crippen molar-refractivity contribution < 1.29 is 4.74 Å². The highest BCUT2D eigenvalue weighted by Crippen LogP contribution is 2.44. The molecular weight excluding hydrogens is 262 g/mol. The molecule has 19 heavy (non-hydrogen) atoms. The Kier molecular flexibility index (Phi) is 4.54. The van der Waals surface area contributed by atoms with Crippen molar-refractivity contribution in [2.45, 2.75) is 44.2 Å². The van der Waals surface area contributed by atoms with Crippen molar-refractivity contribution >= 4 is 11.6 Å². The van der Waals surface area contributed by atoms with Gasteiger partial charge >= 0.3 is 0 Å². The Labute approximate surface area is 120 Å². The average molecular weight is 286 g/mol. The largest absolute Gasteiger partial charge is 0.376 e. The number of hydrogen-bond acceptors (Lipinski definition) is 3. The molecule has 0 amide bonds. The number of aryl methyl sites for hydroxylation is 1. The van der Waals surface area contributed by atoms with Crippen molar-refractivity contribution in [1.82, 2.24) is 15.1 Å². The summed E-state index contributed by atoms with van der Waals surface area (Å²) in [4.78, 5) is 0. The van der Waals surface area contributed by atoms with Crippen LogP contribution in [0.1, 0.15) is 44.3 Å². The number of nitrogens with zero attached hydrogens (tertiary/aromatic N) is 2. The van der Waals surface area contributed by atoms with Crippen LogP contribution in [0.2, 0.25) is 5.02 Å². The number of hydrogen-bond donors (Lipinski definition) is 1. The summed E-state index contributed by atoms with van der Waals surface area (Å²) < 4.78 is 7.82. The van der Waals surface area contributed by atoms with Crippen LogP contribution in [0.3, 0.4) is 0 Å². The second kappa shape index (κ2) is 5.81. The zero-order chi connectivity index (χ0) is 14.0. The van der Waals surface area contributed by atoms with Crippen LogP contribution in [0.4, 0.5) is 0 Å². The molecule has 0 aromatic carbocycles. The lowest BCUT2D eigenvalue weighted by Crippen LogP contribution is -2.48. The first kappa shape index (κ1) is 14.8. The second-order valence-corrected chi connectivity index (χ2v) is 6.10. The molecule has 3 unspecified atom stereocenters. The third-order valence-electron chi connectivity index (χ3n) is 4.42. The highest BCUT2D eigenvalue weighted by Gasteiger charge is 2.44. The van der Waals surface area contributed by atoms with Gasteiger partial charge in [0.15, 0.2) is 0 Å². The van der Waals surface area contributed by atoms with Crippen molar-refractivity contribution in [3.8, 4) is 0 Å². The first-order chi connectivity index (χ1) is 9.04. The van der Waals surface area contributed by atoms with Crippen LogP contribution in [-0.2, 0) is 11.8 Å². The summed E-state index contributed by atoms with van der Waals surface area (Å²) in [6.07, 6.45) is 6.29. The average Bonchev–Trinajstić information content (AvgIpc) is 2.72. The summed E-state index contributed by atoms with van der Waals surface area (Å²) in [5.74, 6) is 0.677. The zero-order valence-electron chi connectivity index (χ0n) is 12.2. The van der Waals surface area contributed by atoms with Gasteiger partial charge in [-0.3, -0.25) is 4.68 Å². The van der Waals surface area contributed by atoms with Gasteiger partial charge in [-0.05, 0) is 25.8 Å². The van der Waals surface area contributed by atoms with Gasteiger partial charge in [0.25, 0.3) is 0 Å². The molecule has 1 fully saturated rings. The minimum atomic E-state index is -0.191. The molecule has 4 nitrogen and oxygen atoms in total. The van der Waals surface area contributed by atoms with Gasteiger partial charge in [0.05, 0.1) is 28.6 Å². The van der Waals surface area contributed by atoms with Crippen LogP contribution in [0, 0.1) is 5.92 Å². The smallest absolute Gasteiger partial charge is 0.0890 e. The number of halogens is 1. The van der Waals surface area contributed by atoms with E-state index in [2.05, 4.69) is 17.3 Å². The predicted octanol–water partition coefficient (Wildman–Crippen LogP) is 2.93. The molecule has 0 aliphatic heterocycles. The highest BCUT2D eigenvalue weighted by molar-refractivity contribution is 6.31. The summed E-state index contributed by atoms with van der Waals surface area (Å²) in [6.45, 7) is 2.30. The monoisotopic (exact) mass is 285 g/mol. The normalized spacial score (nSPS) is 29.4. The molecule has 0 spiro atoms. The van der Waals surface area contributed by atoms with E-state index in [-0.39, 0.29) is 11.6 Å². The van der Waals surface area contributed by atoms with Gasteiger partial charge in [-0.2, -0.15) is 5.10 Å². The second-order valence-electron chi connectivity index (χ2n) is 5.69. The SMILES string of the molecule is CNC(c1c(Cl)cnn1C)C1(OC)CCCC(C)C1. The Bertz CT molecular complexity index is 415. The molecule has 5 heteroatoms. The first-order valence-electron chi connectivity index (χ1n) is 6.94. The lowest BCUT2D eigenvalue weighted by molar-refractivity contribution is -0.0806. The number of methoxy groups -OCH3 is 1. The topological polar surface area (TPSA) is 39.1 Å². The molecule has 1 aliphatic rings. The van der Waals surface area contributed by atoms with Crippen LogP contribution >= 0.6 is 11.6 Å². The molecular formula is C14H24ClN3O. The number of nitrogens with one attached hydrogen (secondary N) is 1. The molecule has 3 atom stereocenters. The fraction of sp³-hybridized carbons (Fsp3) is 0.786. The predicted molar refractivity (Wildman–Crippen MR) is 77.4 cm³/mol. The summed E-state index contributed by atoms with van der Waals surface area (Å²) in [5.41, 5.74) is 0.823. The molecule has 108 valence electrons. The van der Waals surface area contributed by atoms with E-state index in [9.17, 15) is 0 Å². The number of aromatic nitrogens is 2. The van der Waals surface area contributed by atoms with Gasteiger partial charge in [0, 0.05) is 14.2 Å². The van der Waals surface area contributed by atoms with Gasteiger partial charge in [-0.15, -0.1) is 0 Å². The van der Waals surface area contributed by atoms with Crippen LogP contribution < -0.4 is 5.32 Å². The van der Waals surface area contributed by atoms with E-state index in [1.165, 1.54) is 12.8 Å². The molecule has 0 bridgehead atoms. The van der Waals surface area contributed by atoms with Crippen LogP contribution in [0.25, 0.3) is 0 Å². The molecule has 1 heterocycles. The van der Waals surface area contributed by atoms with Crippen LogP contribution in [-0.4, -0.2) is 29.5 Å². The third kappa shape index (κ3) is 2.67. The fourth-order valence-electron chi connectivity index (χ4n) is 3.50. The molecule has 0 radical (unpaired) electrons. The van der Waals surface area contributed by atoms with Gasteiger partial charge in [-0.25, -0.2) is 0 Å². The minimum Gasteiger partial charge on any atom is -0.376 e. The molecule has 1 aromatic rings. The van der Waals surface area contributed by atoms with Crippen molar-refractivity contribution in [2.75, 3.05) is 14.2 Å². The Balaban J connectivity index is 2.39. The van der Waals surface area contributed by atoms with E-state index in [1.807, 2.05) is 25.9 Å². The third-order valence-corrected chi connectivity index (χ3v) is 4.71. The maximum absolute atomic E-state index is 6.31. The summed E-state index contributed by atoms with van der Waals surface area (Å²) in [7, 11) is 5.71. The van der Waals surface area contributed by atoms with Gasteiger partial charge in [0.1, 0.15) is 0 Å². The maximum Gasteiger partial charge on any atom is 0.0890 e. The minimum absolute atomic E-state index is 0.0697. The van der Waals surface area contributed by atoms with Crippen LogP contribution in [0.5, 0.6) is 0 Å². The molecule has 1 aliphatic carbocycles. The summed E-state index contributed by atoms with van der Waals surface area (Å²) >= 11 is 6.31. The lowest BCUT2D eigenvalue weighted by Gasteiger charge is -2.44. The van der Waals surface area contributed by atoms with Gasteiger partial charge in [-0.1, -0.05) is 31.4 Å². The van der Waals surface area contributed by atoms with E-state index in [0.29, 0.717) is 10.9 Å². The lowest BCUT2D eigenvalue weighted by atomic mass is 9.73. The zero-order valence-corrected chi connectivity index (χ0v) is 13.0. The molecule has 1 N–H and O–H groups in total. The fourth-order valence-corrected chi connectivity index (χ4v) is 3.78. The van der Waals surface area contributed by atoms with E-state index in [0.717, 1.165) is 18.5 Å². The van der Waals surface area contributed by atoms with Gasteiger partial charge in [0.2, 0.25) is 0 Å². The maximum atomic E-state index is 6.31. The standard InChI is InChI=1S/C14H24ClN3O/c1-10-6-5-7-14(8-10,19-4)13(16-2)12-11(15)9-17-18(12)3/h9-10,13,16H,5-8H2,1-4H3. The van der Waals surface area contributed by atoms with Crippen LogP contribution in [0.15, 0.2) is 6.20 Å². The van der Waals surface area contributed by atoms with E-state index in [1.54, 1.807) is 6.20 Å². The Morgan fingerprint density at radius 3 is 2.84 bits per heavy atom. The Morgan fingerprint density at radius 1 is 1.63 bits per heavy atom. The van der Waals surface area contributed by atoms with Crippen molar-refractivity contribution in [1.29, 1.82) is 0 Å². The number of rotatable bonds is 4. The number of ether oxygens (including phenoxy) is 1. The van der Waals surface area contributed by atoms with Crippen molar-refractivity contribution in [2.24, 2.45) is 13.0 Å². The van der Waals surface area contributed by atoms with Crippen molar-refractivity contribution in [3.05, 3.63) is 16.9 Å². The Morgan fingerprint density at radius 2 is 2.37 bits per heavy atom. The molecule has 0 saturated heterocycles. The summed E-state index contributed by atoms with van der Waals surface area (Å²) in [5, 5.41) is 8.36. The first-order valence-corrected chi connectivity index (χ1v) is 7.31. The van der Waals surface area contributed by atoms with E-state index >= 15 is 0 Å². The summed E-state index contributed by atoms with van der Waals surface area (Å²) in [6, 6.07) is 0.0697.